The molecular weight excluding hydrogens is 218 g/mol. The molecule has 0 bridgehead atoms. The Bertz CT molecular complexity index is 385. The summed E-state index contributed by atoms with van der Waals surface area (Å²) in [5, 5.41) is 0. The van der Waals surface area contributed by atoms with Gasteiger partial charge >= 0.3 is 0 Å². The first-order valence-corrected chi connectivity index (χ1v) is 4.53. The molecule has 0 aliphatic heterocycles. The van der Waals surface area contributed by atoms with Crippen LogP contribution >= 0.6 is 0 Å². The molecule has 2 aromatic rings. The standard InChI is InChI=1S/C13H10O.2Na/c14-13(11-7-3-1-4-8-11)12-9-5-2-6-10-12;;/h1-10H;;. The van der Waals surface area contributed by atoms with Crippen LogP contribution in [-0.4, -0.2) is 64.9 Å². The molecule has 0 N–H and O–H groups in total. The van der Waals surface area contributed by atoms with Gasteiger partial charge < -0.3 is 0 Å². The minimum absolute atomic E-state index is 0. The van der Waals surface area contributed by atoms with Gasteiger partial charge in [0, 0.05) is 70.2 Å². The Balaban J connectivity index is 0.00000112. The predicted molar refractivity (Wildman–Crippen MR) is 67.8 cm³/mol. The topological polar surface area (TPSA) is 17.1 Å². The molecule has 0 atom stereocenters. The van der Waals surface area contributed by atoms with Crippen molar-refractivity contribution in [2.24, 2.45) is 0 Å². The number of hydrogen-bond donors (Lipinski definition) is 0. The molecule has 0 aromatic heterocycles. The second-order valence-electron chi connectivity index (χ2n) is 3.06. The van der Waals surface area contributed by atoms with Gasteiger partial charge in [0.05, 0.1) is 0 Å². The molecule has 16 heavy (non-hydrogen) atoms. The molecule has 0 spiro atoms. The number of rotatable bonds is 2. The number of carbonyl (C=O) groups excluding carboxylic acids is 1. The molecule has 0 fully saturated rings. The summed E-state index contributed by atoms with van der Waals surface area (Å²) < 4.78 is 0. The molecule has 0 aliphatic rings. The molecule has 2 radical (unpaired) electrons. The van der Waals surface area contributed by atoms with Gasteiger partial charge in [-0.2, -0.15) is 0 Å². The molecular formula is C13H10Na2O. The van der Waals surface area contributed by atoms with E-state index in [2.05, 4.69) is 0 Å². The SMILES string of the molecule is O=C(c1ccccc1)c1ccccc1.[Na].[Na]. The van der Waals surface area contributed by atoms with Crippen LogP contribution in [-0.2, 0) is 0 Å². The maximum atomic E-state index is 11.8. The number of hydrogen-bond acceptors (Lipinski definition) is 1. The zero-order chi connectivity index (χ0) is 9.80. The van der Waals surface area contributed by atoms with Crippen LogP contribution in [0.15, 0.2) is 60.7 Å². The Morgan fingerprint density at radius 3 is 1.25 bits per heavy atom. The zero-order valence-electron chi connectivity index (χ0n) is 9.68. The van der Waals surface area contributed by atoms with E-state index in [9.17, 15) is 4.79 Å². The normalized spacial score (nSPS) is 8.50. The van der Waals surface area contributed by atoms with E-state index in [-0.39, 0.29) is 64.9 Å². The Morgan fingerprint density at radius 1 is 0.625 bits per heavy atom. The molecule has 0 heterocycles. The quantitative estimate of drug-likeness (QED) is 0.568. The summed E-state index contributed by atoms with van der Waals surface area (Å²) >= 11 is 0. The molecule has 0 unspecified atom stereocenters. The van der Waals surface area contributed by atoms with Crippen LogP contribution < -0.4 is 0 Å². The fraction of sp³-hybridized carbons (Fsp3) is 0. The summed E-state index contributed by atoms with van der Waals surface area (Å²) in [5.74, 6) is 0.0752. The third-order valence-electron chi connectivity index (χ3n) is 2.07. The largest absolute Gasteiger partial charge is 0.289 e. The first-order chi connectivity index (χ1) is 6.88. The van der Waals surface area contributed by atoms with Gasteiger partial charge in [-0.3, -0.25) is 4.79 Å². The van der Waals surface area contributed by atoms with Crippen LogP contribution in [0.3, 0.4) is 0 Å². The molecule has 0 saturated heterocycles. The van der Waals surface area contributed by atoms with E-state index in [0.717, 1.165) is 11.1 Å². The smallest absolute Gasteiger partial charge is 0.193 e. The van der Waals surface area contributed by atoms with E-state index >= 15 is 0 Å². The second kappa shape index (κ2) is 8.24. The molecule has 2 aromatic carbocycles. The Labute approximate surface area is 140 Å². The fourth-order valence-electron chi connectivity index (χ4n) is 1.35. The van der Waals surface area contributed by atoms with Crippen LogP contribution in [0.2, 0.25) is 0 Å². The van der Waals surface area contributed by atoms with Gasteiger partial charge in [0.25, 0.3) is 0 Å². The van der Waals surface area contributed by atoms with Crippen molar-refractivity contribution in [1.82, 2.24) is 0 Å². The monoisotopic (exact) mass is 228 g/mol. The van der Waals surface area contributed by atoms with Gasteiger partial charge in [0.1, 0.15) is 0 Å². The Hall–Kier alpha value is 0.110. The van der Waals surface area contributed by atoms with Gasteiger partial charge in [0.15, 0.2) is 5.78 Å². The van der Waals surface area contributed by atoms with Crippen molar-refractivity contribution in [3.8, 4) is 0 Å². The molecule has 0 saturated carbocycles. The van der Waals surface area contributed by atoms with E-state index in [1.54, 1.807) is 0 Å². The summed E-state index contributed by atoms with van der Waals surface area (Å²) in [6.07, 6.45) is 0. The van der Waals surface area contributed by atoms with Crippen molar-refractivity contribution in [2.75, 3.05) is 0 Å². The van der Waals surface area contributed by atoms with Gasteiger partial charge in [-0.15, -0.1) is 0 Å². The fourth-order valence-corrected chi connectivity index (χ4v) is 1.35. The zero-order valence-corrected chi connectivity index (χ0v) is 13.7. The predicted octanol–water partition coefficient (Wildman–Crippen LogP) is 2.16. The number of benzene rings is 2. The first-order valence-electron chi connectivity index (χ1n) is 4.53. The van der Waals surface area contributed by atoms with Crippen LogP contribution in [0, 0.1) is 0 Å². The third kappa shape index (κ3) is 4.17. The van der Waals surface area contributed by atoms with Crippen molar-refractivity contribution in [3.63, 3.8) is 0 Å². The van der Waals surface area contributed by atoms with Gasteiger partial charge in [-0.1, -0.05) is 60.7 Å². The van der Waals surface area contributed by atoms with Crippen molar-refractivity contribution in [2.45, 2.75) is 0 Å². The third-order valence-corrected chi connectivity index (χ3v) is 2.07. The molecule has 0 aliphatic carbocycles. The van der Waals surface area contributed by atoms with Crippen molar-refractivity contribution in [3.05, 3.63) is 71.8 Å². The van der Waals surface area contributed by atoms with Crippen molar-refractivity contribution in [1.29, 1.82) is 0 Å². The summed E-state index contributed by atoms with van der Waals surface area (Å²) in [5.41, 5.74) is 1.47. The van der Waals surface area contributed by atoms with Gasteiger partial charge in [-0.25, -0.2) is 0 Å². The van der Waals surface area contributed by atoms with Crippen LogP contribution in [0.4, 0.5) is 0 Å². The summed E-state index contributed by atoms with van der Waals surface area (Å²) in [6, 6.07) is 18.6. The maximum absolute atomic E-state index is 11.8. The summed E-state index contributed by atoms with van der Waals surface area (Å²) in [6.45, 7) is 0. The van der Waals surface area contributed by atoms with Crippen LogP contribution in [0.1, 0.15) is 15.9 Å². The molecule has 0 amide bonds. The summed E-state index contributed by atoms with van der Waals surface area (Å²) in [4.78, 5) is 11.8. The van der Waals surface area contributed by atoms with Crippen molar-refractivity contribution < 1.29 is 4.79 Å². The number of carbonyl (C=O) groups is 1. The van der Waals surface area contributed by atoms with Gasteiger partial charge in [-0.05, 0) is 0 Å². The molecule has 3 heteroatoms. The van der Waals surface area contributed by atoms with Crippen LogP contribution in [0.25, 0.3) is 0 Å². The average molecular weight is 228 g/mol. The van der Waals surface area contributed by atoms with E-state index in [4.69, 9.17) is 0 Å². The first kappa shape index (κ1) is 16.1. The minimum Gasteiger partial charge on any atom is -0.289 e. The Kier molecular flexibility index (Phi) is 8.29. The molecule has 2 rings (SSSR count). The van der Waals surface area contributed by atoms with E-state index in [1.165, 1.54) is 0 Å². The van der Waals surface area contributed by atoms with E-state index < -0.39 is 0 Å². The minimum atomic E-state index is 0. The Morgan fingerprint density at radius 2 is 0.938 bits per heavy atom. The molecule has 1 nitrogen and oxygen atoms in total. The van der Waals surface area contributed by atoms with E-state index in [0.29, 0.717) is 0 Å². The van der Waals surface area contributed by atoms with E-state index in [1.807, 2.05) is 60.7 Å². The number of ketones is 1. The van der Waals surface area contributed by atoms with Gasteiger partial charge in [0.2, 0.25) is 0 Å². The summed E-state index contributed by atoms with van der Waals surface area (Å²) in [7, 11) is 0. The average Bonchev–Trinajstić information content (AvgIpc) is 2.30. The second-order valence-corrected chi connectivity index (χ2v) is 3.06. The van der Waals surface area contributed by atoms with Crippen molar-refractivity contribution >= 4 is 64.9 Å². The maximum Gasteiger partial charge on any atom is 0.193 e. The molecule has 70 valence electrons. The van der Waals surface area contributed by atoms with Crippen LogP contribution in [0.5, 0.6) is 0 Å².